The van der Waals surface area contributed by atoms with E-state index >= 15 is 0 Å². The second-order valence-corrected chi connectivity index (χ2v) is 6.09. The van der Waals surface area contributed by atoms with E-state index in [0.717, 1.165) is 22.9 Å². The van der Waals surface area contributed by atoms with Gasteiger partial charge in [0.1, 0.15) is 4.88 Å². The van der Waals surface area contributed by atoms with Crippen molar-refractivity contribution >= 4 is 44.9 Å². The van der Waals surface area contributed by atoms with E-state index in [9.17, 15) is 9.59 Å². The maximum Gasteiger partial charge on any atom is 0.350 e. The molecular weight excluding hydrogens is 298 g/mol. The van der Waals surface area contributed by atoms with E-state index in [2.05, 4.69) is 5.32 Å². The number of carbonyl (C=O) groups excluding carboxylic acids is 2. The molecule has 6 heteroatoms. The van der Waals surface area contributed by atoms with Gasteiger partial charge in [0.2, 0.25) is 0 Å². The highest BCUT2D eigenvalue weighted by Crippen LogP contribution is 2.35. The van der Waals surface area contributed by atoms with Gasteiger partial charge in [0, 0.05) is 16.1 Å². The first-order valence-electron chi connectivity index (χ1n) is 6.28. The highest BCUT2D eigenvalue weighted by atomic mass is 35.5. The van der Waals surface area contributed by atoms with E-state index in [1.165, 1.54) is 11.3 Å². The van der Waals surface area contributed by atoms with Gasteiger partial charge in [-0.05, 0) is 18.9 Å². The largest absolute Gasteiger partial charge is 0.451 e. The number of rotatable bonds is 4. The highest BCUT2D eigenvalue weighted by Gasteiger charge is 2.24. The van der Waals surface area contributed by atoms with E-state index in [0.29, 0.717) is 9.90 Å². The first-order valence-corrected chi connectivity index (χ1v) is 7.48. The molecule has 0 bridgehead atoms. The van der Waals surface area contributed by atoms with Gasteiger partial charge >= 0.3 is 5.97 Å². The zero-order valence-corrected chi connectivity index (χ0v) is 12.1. The summed E-state index contributed by atoms with van der Waals surface area (Å²) in [6.07, 6.45) is 2.00. The third-order valence-corrected chi connectivity index (χ3v) is 4.65. The predicted molar refractivity (Wildman–Crippen MR) is 78.3 cm³/mol. The SMILES string of the molecule is O=C(COC(=O)c1sc2ccccc2c1Cl)NC1CC1. The van der Waals surface area contributed by atoms with Crippen molar-refractivity contribution < 1.29 is 14.3 Å². The van der Waals surface area contributed by atoms with Crippen LogP contribution in [0.25, 0.3) is 10.1 Å². The number of nitrogens with one attached hydrogen (secondary N) is 1. The van der Waals surface area contributed by atoms with Gasteiger partial charge in [-0.15, -0.1) is 11.3 Å². The minimum absolute atomic E-state index is 0.258. The summed E-state index contributed by atoms with van der Waals surface area (Å²) in [5, 5.41) is 3.97. The molecule has 0 unspecified atom stereocenters. The number of hydrogen-bond acceptors (Lipinski definition) is 4. The van der Waals surface area contributed by atoms with Crippen LogP contribution in [0.2, 0.25) is 5.02 Å². The lowest BCUT2D eigenvalue weighted by molar-refractivity contribution is -0.124. The Labute approximate surface area is 124 Å². The van der Waals surface area contributed by atoms with Crippen LogP contribution in [-0.4, -0.2) is 24.5 Å². The summed E-state index contributed by atoms with van der Waals surface area (Å²) < 4.78 is 5.93. The fraction of sp³-hybridized carbons (Fsp3) is 0.286. The molecule has 1 aromatic heterocycles. The van der Waals surface area contributed by atoms with Gasteiger partial charge in [0.25, 0.3) is 5.91 Å². The zero-order valence-electron chi connectivity index (χ0n) is 10.5. The van der Waals surface area contributed by atoms with Gasteiger partial charge in [-0.3, -0.25) is 4.79 Å². The van der Waals surface area contributed by atoms with E-state index < -0.39 is 5.97 Å². The molecule has 0 atom stereocenters. The number of esters is 1. The van der Waals surface area contributed by atoms with Gasteiger partial charge in [-0.1, -0.05) is 29.8 Å². The van der Waals surface area contributed by atoms with Gasteiger partial charge in [-0.2, -0.15) is 0 Å². The quantitative estimate of drug-likeness (QED) is 0.883. The molecule has 0 saturated heterocycles. The average molecular weight is 310 g/mol. The lowest BCUT2D eigenvalue weighted by Crippen LogP contribution is -2.30. The van der Waals surface area contributed by atoms with Crippen LogP contribution in [0.3, 0.4) is 0 Å². The van der Waals surface area contributed by atoms with Crippen molar-refractivity contribution in [1.82, 2.24) is 5.32 Å². The van der Waals surface area contributed by atoms with Gasteiger partial charge in [0.15, 0.2) is 6.61 Å². The minimum atomic E-state index is -0.554. The fourth-order valence-electron chi connectivity index (χ4n) is 1.84. The van der Waals surface area contributed by atoms with Crippen molar-refractivity contribution in [3.63, 3.8) is 0 Å². The van der Waals surface area contributed by atoms with Crippen LogP contribution in [0, 0.1) is 0 Å². The molecule has 2 aromatic rings. The third-order valence-electron chi connectivity index (χ3n) is 3.00. The van der Waals surface area contributed by atoms with Crippen molar-refractivity contribution in [2.45, 2.75) is 18.9 Å². The van der Waals surface area contributed by atoms with E-state index in [-0.39, 0.29) is 18.6 Å². The topological polar surface area (TPSA) is 55.4 Å². The second-order valence-electron chi connectivity index (χ2n) is 4.66. The van der Waals surface area contributed by atoms with Crippen LogP contribution >= 0.6 is 22.9 Å². The zero-order chi connectivity index (χ0) is 14.1. The molecule has 3 rings (SSSR count). The van der Waals surface area contributed by atoms with Crippen LogP contribution in [0.5, 0.6) is 0 Å². The summed E-state index contributed by atoms with van der Waals surface area (Å²) in [5.74, 6) is -0.819. The molecule has 1 aromatic carbocycles. The number of carbonyl (C=O) groups is 2. The number of halogens is 1. The Kier molecular flexibility index (Phi) is 3.63. The molecule has 1 fully saturated rings. The first-order chi connectivity index (χ1) is 9.65. The molecule has 4 nitrogen and oxygen atoms in total. The molecule has 1 heterocycles. The van der Waals surface area contributed by atoms with E-state index in [1.54, 1.807) is 0 Å². The minimum Gasteiger partial charge on any atom is -0.451 e. The van der Waals surface area contributed by atoms with Crippen molar-refractivity contribution in [1.29, 1.82) is 0 Å². The van der Waals surface area contributed by atoms with Crippen molar-refractivity contribution in [2.75, 3.05) is 6.61 Å². The van der Waals surface area contributed by atoms with Crippen LogP contribution in [0.15, 0.2) is 24.3 Å². The molecule has 0 aliphatic heterocycles. The molecule has 20 heavy (non-hydrogen) atoms. The highest BCUT2D eigenvalue weighted by molar-refractivity contribution is 7.21. The molecule has 1 saturated carbocycles. The van der Waals surface area contributed by atoms with Crippen LogP contribution in [-0.2, 0) is 9.53 Å². The molecular formula is C14H12ClNO3S. The standard InChI is InChI=1S/C14H12ClNO3S/c15-12-9-3-1-2-4-10(9)20-13(12)14(18)19-7-11(17)16-8-5-6-8/h1-4,8H,5-7H2,(H,16,17). The number of amides is 1. The first kappa shape index (κ1) is 13.4. The van der Waals surface area contributed by atoms with Gasteiger partial charge in [-0.25, -0.2) is 4.79 Å². The fourth-order valence-corrected chi connectivity index (χ4v) is 3.24. The average Bonchev–Trinajstić information content (AvgIpc) is 3.19. The van der Waals surface area contributed by atoms with Crippen molar-refractivity contribution in [2.24, 2.45) is 0 Å². The summed E-state index contributed by atoms with van der Waals surface area (Å²) in [4.78, 5) is 23.8. The second kappa shape index (κ2) is 5.42. The molecule has 1 aliphatic rings. The van der Waals surface area contributed by atoms with E-state index in [1.807, 2.05) is 24.3 Å². The van der Waals surface area contributed by atoms with Crippen LogP contribution < -0.4 is 5.32 Å². The lowest BCUT2D eigenvalue weighted by Gasteiger charge is -2.04. The maximum atomic E-state index is 12.0. The Morgan fingerprint density at radius 2 is 2.10 bits per heavy atom. The Balaban J connectivity index is 1.68. The van der Waals surface area contributed by atoms with Crippen LogP contribution in [0.1, 0.15) is 22.5 Å². The molecule has 104 valence electrons. The summed E-state index contributed by atoms with van der Waals surface area (Å²) in [5.41, 5.74) is 0. The molecule has 1 aliphatic carbocycles. The summed E-state index contributed by atoms with van der Waals surface area (Å²) in [6.45, 7) is -0.264. The molecule has 1 N–H and O–H groups in total. The monoisotopic (exact) mass is 309 g/mol. The Bertz CT molecular complexity index is 678. The van der Waals surface area contributed by atoms with E-state index in [4.69, 9.17) is 16.3 Å². The van der Waals surface area contributed by atoms with Gasteiger partial charge < -0.3 is 10.1 Å². The summed E-state index contributed by atoms with van der Waals surface area (Å²) >= 11 is 7.44. The normalized spacial score (nSPS) is 14.2. The lowest BCUT2D eigenvalue weighted by atomic mass is 10.2. The third kappa shape index (κ3) is 2.78. The van der Waals surface area contributed by atoms with Gasteiger partial charge in [0.05, 0.1) is 5.02 Å². The number of thiophene rings is 1. The predicted octanol–water partition coefficient (Wildman–Crippen LogP) is 2.99. The number of fused-ring (bicyclic) bond motifs is 1. The molecule has 1 amide bonds. The summed E-state index contributed by atoms with van der Waals surface area (Å²) in [7, 11) is 0. The number of hydrogen-bond donors (Lipinski definition) is 1. The van der Waals surface area contributed by atoms with Crippen molar-refractivity contribution in [3.8, 4) is 0 Å². The molecule has 0 spiro atoms. The smallest absolute Gasteiger partial charge is 0.350 e. The Morgan fingerprint density at radius 3 is 2.80 bits per heavy atom. The van der Waals surface area contributed by atoms with Crippen LogP contribution in [0.4, 0.5) is 0 Å². The Hall–Kier alpha value is -1.59. The number of benzene rings is 1. The van der Waals surface area contributed by atoms with Crippen molar-refractivity contribution in [3.05, 3.63) is 34.2 Å². The maximum absolute atomic E-state index is 12.0. The molecule has 0 radical (unpaired) electrons. The Morgan fingerprint density at radius 1 is 1.35 bits per heavy atom. The summed E-state index contributed by atoms with van der Waals surface area (Å²) in [6, 6.07) is 7.74. The number of ether oxygens (including phenoxy) is 1.